The zero-order valence-corrected chi connectivity index (χ0v) is 18.8. The molecule has 0 amide bonds. The highest BCUT2D eigenvalue weighted by Gasteiger charge is 2.23. The van der Waals surface area contributed by atoms with Crippen molar-refractivity contribution in [2.24, 2.45) is 10.8 Å². The van der Waals surface area contributed by atoms with Crippen molar-refractivity contribution in [3.8, 4) is 0 Å². The van der Waals surface area contributed by atoms with Crippen molar-refractivity contribution in [2.75, 3.05) is 23.0 Å². The third-order valence-electron chi connectivity index (χ3n) is 4.45. The predicted molar refractivity (Wildman–Crippen MR) is 111 cm³/mol. The second kappa shape index (κ2) is 12.9. The SMILES string of the molecule is CC(C)(CCC[S+]([O-])CCC[S+]([O-])CCCC(C)(C)CC(=O)O)CC(=O)O. The molecule has 0 aromatic rings. The quantitative estimate of drug-likeness (QED) is 0.366. The summed E-state index contributed by atoms with van der Waals surface area (Å²) in [5.41, 5.74) is -0.572. The number of rotatable bonds is 16. The number of carbonyl (C=O) groups is 2. The Morgan fingerprint density at radius 1 is 0.704 bits per heavy atom. The lowest BCUT2D eigenvalue weighted by Gasteiger charge is -2.23. The standard InChI is InChI=1S/C19H36O6S2/c1-18(2,14-16(20)21)8-5-10-26(24)12-7-13-27(25)11-6-9-19(3,4)15-17(22)23/h5-15H2,1-4H3,(H,20,21)(H,22,23). The fourth-order valence-electron chi connectivity index (χ4n) is 3.00. The number of hydrogen-bond donors (Lipinski definition) is 2. The van der Waals surface area contributed by atoms with Gasteiger partial charge in [0.1, 0.15) is 23.0 Å². The van der Waals surface area contributed by atoms with Crippen molar-refractivity contribution in [2.45, 2.75) is 72.6 Å². The Morgan fingerprint density at radius 3 is 1.30 bits per heavy atom. The fourth-order valence-corrected chi connectivity index (χ4v) is 5.46. The van der Waals surface area contributed by atoms with Gasteiger partial charge < -0.3 is 19.3 Å². The normalized spacial score (nSPS) is 14.7. The van der Waals surface area contributed by atoms with Gasteiger partial charge in [-0.15, -0.1) is 0 Å². The molecule has 0 rings (SSSR count). The highest BCUT2D eigenvalue weighted by Crippen LogP contribution is 2.27. The molecule has 0 aromatic carbocycles. The van der Waals surface area contributed by atoms with E-state index in [1.165, 1.54) is 0 Å². The van der Waals surface area contributed by atoms with Gasteiger partial charge in [0.25, 0.3) is 0 Å². The van der Waals surface area contributed by atoms with Gasteiger partial charge in [-0.1, -0.05) is 50.0 Å². The summed E-state index contributed by atoms with van der Waals surface area (Å²) in [6, 6.07) is 0. The molecule has 6 nitrogen and oxygen atoms in total. The van der Waals surface area contributed by atoms with E-state index >= 15 is 0 Å². The molecule has 0 saturated carbocycles. The number of carboxylic acid groups (broad SMARTS) is 2. The van der Waals surface area contributed by atoms with Gasteiger partial charge in [0.2, 0.25) is 0 Å². The lowest BCUT2D eigenvalue weighted by molar-refractivity contribution is -0.140. The summed E-state index contributed by atoms with van der Waals surface area (Å²) in [5.74, 6) is 0.536. The minimum absolute atomic E-state index is 0.113. The first-order valence-corrected chi connectivity index (χ1v) is 12.4. The fraction of sp³-hybridized carbons (Fsp3) is 0.895. The maximum Gasteiger partial charge on any atom is 0.303 e. The molecule has 0 aromatic heterocycles. The number of carboxylic acids is 2. The molecule has 27 heavy (non-hydrogen) atoms. The van der Waals surface area contributed by atoms with Crippen LogP contribution in [0.5, 0.6) is 0 Å². The van der Waals surface area contributed by atoms with E-state index < -0.39 is 34.3 Å². The lowest BCUT2D eigenvalue weighted by Crippen LogP contribution is -2.21. The molecule has 0 fully saturated rings. The van der Waals surface area contributed by atoms with E-state index in [1.54, 1.807) is 0 Å². The Balaban J connectivity index is 3.83. The van der Waals surface area contributed by atoms with E-state index in [-0.39, 0.29) is 23.7 Å². The summed E-state index contributed by atoms with van der Waals surface area (Å²) in [6.07, 6.45) is 3.79. The molecular formula is C19H36O6S2. The van der Waals surface area contributed by atoms with Crippen LogP contribution in [0, 0.1) is 10.8 Å². The number of aliphatic carboxylic acids is 2. The minimum Gasteiger partial charge on any atom is -0.616 e. The van der Waals surface area contributed by atoms with Crippen LogP contribution in [0.4, 0.5) is 0 Å². The van der Waals surface area contributed by atoms with Gasteiger partial charge in [-0.25, -0.2) is 0 Å². The Bertz CT molecular complexity index is 413. The van der Waals surface area contributed by atoms with Crippen LogP contribution >= 0.6 is 0 Å². The van der Waals surface area contributed by atoms with Crippen LogP contribution in [0.1, 0.15) is 72.6 Å². The molecule has 0 spiro atoms. The highest BCUT2D eigenvalue weighted by molar-refractivity contribution is 7.92. The maximum atomic E-state index is 12.0. The van der Waals surface area contributed by atoms with E-state index in [4.69, 9.17) is 10.2 Å². The molecule has 0 saturated heterocycles. The van der Waals surface area contributed by atoms with E-state index in [9.17, 15) is 18.7 Å². The van der Waals surface area contributed by atoms with Crippen LogP contribution in [-0.2, 0) is 31.9 Å². The predicted octanol–water partition coefficient (Wildman–Crippen LogP) is 3.44. The average Bonchev–Trinajstić information content (AvgIpc) is 2.43. The summed E-state index contributed by atoms with van der Waals surface area (Å²) in [6.45, 7) is 7.63. The van der Waals surface area contributed by atoms with Crippen LogP contribution < -0.4 is 0 Å². The minimum atomic E-state index is -0.957. The van der Waals surface area contributed by atoms with Gasteiger partial charge in [-0.05, 0) is 36.5 Å². The first-order chi connectivity index (χ1) is 12.3. The summed E-state index contributed by atoms with van der Waals surface area (Å²) < 4.78 is 24.0. The van der Waals surface area contributed by atoms with Crippen molar-refractivity contribution in [1.29, 1.82) is 0 Å². The maximum absolute atomic E-state index is 12.0. The number of hydrogen-bond acceptors (Lipinski definition) is 4. The van der Waals surface area contributed by atoms with Gasteiger partial charge in [0.05, 0.1) is 12.8 Å². The lowest BCUT2D eigenvalue weighted by atomic mass is 9.85. The van der Waals surface area contributed by atoms with Gasteiger partial charge in [-0.2, -0.15) is 0 Å². The monoisotopic (exact) mass is 424 g/mol. The molecule has 0 bridgehead atoms. The Labute approximate surface area is 169 Å². The highest BCUT2D eigenvalue weighted by atomic mass is 32.2. The first kappa shape index (κ1) is 26.6. The smallest absolute Gasteiger partial charge is 0.303 e. The van der Waals surface area contributed by atoms with Crippen molar-refractivity contribution in [3.63, 3.8) is 0 Å². The van der Waals surface area contributed by atoms with Gasteiger partial charge in [0.15, 0.2) is 0 Å². The largest absolute Gasteiger partial charge is 0.616 e. The Hall–Kier alpha value is -0.440. The van der Waals surface area contributed by atoms with Crippen LogP contribution in [0.15, 0.2) is 0 Å². The van der Waals surface area contributed by atoms with Crippen molar-refractivity contribution < 1.29 is 28.9 Å². The molecule has 2 atom stereocenters. The zero-order valence-electron chi connectivity index (χ0n) is 17.1. The summed E-state index contributed by atoms with van der Waals surface area (Å²) in [5, 5.41) is 17.7. The van der Waals surface area contributed by atoms with Crippen molar-refractivity contribution >= 4 is 34.3 Å². The summed E-state index contributed by atoms with van der Waals surface area (Å²) in [7, 11) is 0. The summed E-state index contributed by atoms with van der Waals surface area (Å²) >= 11 is -1.91. The van der Waals surface area contributed by atoms with Gasteiger partial charge in [-0.3, -0.25) is 9.59 Å². The summed E-state index contributed by atoms with van der Waals surface area (Å²) in [4.78, 5) is 21.6. The molecule has 2 N–H and O–H groups in total. The van der Waals surface area contributed by atoms with Crippen LogP contribution in [0.2, 0.25) is 0 Å². The molecule has 0 aliphatic rings. The first-order valence-electron chi connectivity index (χ1n) is 9.46. The second-order valence-electron chi connectivity index (χ2n) is 8.73. The van der Waals surface area contributed by atoms with Gasteiger partial charge in [0, 0.05) is 6.42 Å². The van der Waals surface area contributed by atoms with E-state index in [1.807, 2.05) is 27.7 Å². The molecule has 0 heterocycles. The molecule has 0 aliphatic carbocycles. The molecule has 160 valence electrons. The Kier molecular flexibility index (Phi) is 12.7. The van der Waals surface area contributed by atoms with Crippen molar-refractivity contribution in [1.82, 2.24) is 0 Å². The third kappa shape index (κ3) is 16.2. The van der Waals surface area contributed by atoms with E-state index in [0.717, 1.165) is 25.7 Å². The van der Waals surface area contributed by atoms with Crippen LogP contribution in [-0.4, -0.2) is 54.3 Å². The van der Waals surface area contributed by atoms with Gasteiger partial charge >= 0.3 is 11.9 Å². The molecule has 0 aliphatic heterocycles. The van der Waals surface area contributed by atoms with Crippen molar-refractivity contribution in [3.05, 3.63) is 0 Å². The average molecular weight is 425 g/mol. The zero-order chi connectivity index (χ0) is 21.1. The third-order valence-corrected chi connectivity index (χ3v) is 7.43. The van der Waals surface area contributed by atoms with Crippen LogP contribution in [0.25, 0.3) is 0 Å². The van der Waals surface area contributed by atoms with E-state index in [2.05, 4.69) is 0 Å². The van der Waals surface area contributed by atoms with E-state index in [0.29, 0.717) is 29.4 Å². The Morgan fingerprint density at radius 2 is 1.00 bits per heavy atom. The molecule has 8 heteroatoms. The second-order valence-corrected chi connectivity index (χ2v) is 12.1. The van der Waals surface area contributed by atoms with Crippen LogP contribution in [0.3, 0.4) is 0 Å². The molecular weight excluding hydrogens is 388 g/mol. The molecule has 0 radical (unpaired) electrons. The topological polar surface area (TPSA) is 121 Å². The molecule has 2 unspecified atom stereocenters.